The Hall–Kier alpha value is -1.36. The average Bonchev–Trinajstić information content (AvgIpc) is 3.07. The lowest BCUT2D eigenvalue weighted by molar-refractivity contribution is 0.0663. The first-order valence-corrected chi connectivity index (χ1v) is 9.74. The molecule has 1 saturated heterocycles. The third-order valence-corrected chi connectivity index (χ3v) is 7.01. The smallest absolute Gasteiger partial charge is 0.115 e. The van der Waals surface area contributed by atoms with Crippen LogP contribution in [0, 0.1) is 0 Å². The molecule has 24 heavy (non-hydrogen) atoms. The molecule has 0 unspecified atom stereocenters. The SMILES string of the molecule is CN1CC[C@@]2(C)c3cc(O)ccc3C[C@@H]1[C@@H]2NCCc1cccs1. The molecule has 1 aliphatic heterocycles. The second-order valence-electron chi connectivity index (χ2n) is 7.52. The van der Waals surface area contributed by atoms with E-state index in [-0.39, 0.29) is 5.41 Å². The van der Waals surface area contributed by atoms with Gasteiger partial charge in [0, 0.05) is 28.9 Å². The Balaban J connectivity index is 1.60. The van der Waals surface area contributed by atoms with Crippen LogP contribution in [-0.4, -0.2) is 42.2 Å². The molecule has 128 valence electrons. The Labute approximate surface area is 148 Å². The largest absolute Gasteiger partial charge is 0.508 e. The van der Waals surface area contributed by atoms with Gasteiger partial charge in [-0.1, -0.05) is 19.1 Å². The Morgan fingerprint density at radius 2 is 2.25 bits per heavy atom. The monoisotopic (exact) mass is 342 g/mol. The lowest BCUT2D eigenvalue weighted by atomic mass is 9.61. The number of hydrogen-bond acceptors (Lipinski definition) is 4. The van der Waals surface area contributed by atoms with E-state index < -0.39 is 0 Å². The summed E-state index contributed by atoms with van der Waals surface area (Å²) in [4.78, 5) is 3.96. The standard InChI is InChI=1S/C20H26N2OS/c1-20-8-10-22(2)18(12-14-5-6-15(23)13-17(14)20)19(20)21-9-7-16-4-3-11-24-16/h3-6,11,13,18-19,21,23H,7-10,12H2,1-2H3/t18-,19+,20+/m1/s1. The summed E-state index contributed by atoms with van der Waals surface area (Å²) in [6.07, 6.45) is 3.29. The summed E-state index contributed by atoms with van der Waals surface area (Å²) < 4.78 is 0. The maximum atomic E-state index is 10.0. The van der Waals surface area contributed by atoms with E-state index in [1.54, 1.807) is 0 Å². The van der Waals surface area contributed by atoms with Gasteiger partial charge in [0.2, 0.25) is 0 Å². The number of aromatic hydroxyl groups is 1. The number of nitrogens with zero attached hydrogens (tertiary/aromatic N) is 1. The van der Waals surface area contributed by atoms with Gasteiger partial charge in [0.25, 0.3) is 0 Å². The highest BCUT2D eigenvalue weighted by Gasteiger charge is 2.49. The second-order valence-corrected chi connectivity index (χ2v) is 8.55. The highest BCUT2D eigenvalue weighted by atomic mass is 32.1. The Kier molecular flexibility index (Phi) is 4.15. The molecule has 0 amide bonds. The highest BCUT2D eigenvalue weighted by molar-refractivity contribution is 7.09. The zero-order valence-corrected chi connectivity index (χ0v) is 15.3. The quantitative estimate of drug-likeness (QED) is 0.896. The minimum atomic E-state index is 0.0962. The Morgan fingerprint density at radius 1 is 1.38 bits per heavy atom. The zero-order valence-electron chi connectivity index (χ0n) is 14.5. The van der Waals surface area contributed by atoms with Crippen molar-refractivity contribution in [3.63, 3.8) is 0 Å². The molecule has 2 heterocycles. The molecule has 2 bridgehead atoms. The van der Waals surface area contributed by atoms with Crippen LogP contribution in [0.25, 0.3) is 0 Å². The molecule has 3 nitrogen and oxygen atoms in total. The summed E-state index contributed by atoms with van der Waals surface area (Å²) in [5.74, 6) is 0.393. The van der Waals surface area contributed by atoms with E-state index >= 15 is 0 Å². The van der Waals surface area contributed by atoms with Crippen LogP contribution in [0.1, 0.15) is 29.3 Å². The first-order valence-electron chi connectivity index (χ1n) is 8.86. The summed E-state index contributed by atoms with van der Waals surface area (Å²) in [7, 11) is 2.25. The van der Waals surface area contributed by atoms with Gasteiger partial charge in [-0.25, -0.2) is 0 Å². The number of phenolic OH excluding ortho intramolecular Hbond substituents is 1. The Bertz CT molecular complexity index is 714. The lowest BCUT2D eigenvalue weighted by Gasteiger charge is -2.55. The number of phenols is 1. The summed E-state index contributed by atoms with van der Waals surface area (Å²) >= 11 is 1.84. The van der Waals surface area contributed by atoms with E-state index in [2.05, 4.69) is 47.8 Å². The van der Waals surface area contributed by atoms with Gasteiger partial charge in [-0.05, 0) is 67.6 Å². The van der Waals surface area contributed by atoms with E-state index in [0.717, 1.165) is 32.4 Å². The fourth-order valence-corrected chi connectivity index (χ4v) is 5.36. The molecule has 0 radical (unpaired) electrons. The molecule has 2 aromatic rings. The zero-order chi connectivity index (χ0) is 16.7. The number of likely N-dealkylation sites (N-methyl/N-ethyl adjacent to an activating group) is 1. The van der Waals surface area contributed by atoms with Crippen molar-refractivity contribution in [3.8, 4) is 5.75 Å². The minimum absolute atomic E-state index is 0.0962. The molecule has 1 aliphatic carbocycles. The number of likely N-dealkylation sites (tertiary alicyclic amines) is 1. The number of piperidine rings is 1. The summed E-state index contributed by atoms with van der Waals surface area (Å²) in [5.41, 5.74) is 2.85. The van der Waals surface area contributed by atoms with E-state index in [9.17, 15) is 5.11 Å². The molecule has 1 aromatic heterocycles. The first kappa shape index (κ1) is 16.1. The van der Waals surface area contributed by atoms with Crippen molar-refractivity contribution in [1.29, 1.82) is 0 Å². The van der Waals surface area contributed by atoms with Crippen molar-refractivity contribution in [3.05, 3.63) is 51.7 Å². The number of thiophene rings is 1. The van der Waals surface area contributed by atoms with Crippen LogP contribution in [-0.2, 0) is 18.3 Å². The van der Waals surface area contributed by atoms with Gasteiger partial charge in [-0.15, -0.1) is 11.3 Å². The van der Waals surface area contributed by atoms with Crippen LogP contribution in [0.5, 0.6) is 5.75 Å². The first-order chi connectivity index (χ1) is 11.6. The molecule has 1 aromatic carbocycles. The fourth-order valence-electron chi connectivity index (χ4n) is 4.65. The van der Waals surface area contributed by atoms with E-state index in [1.807, 2.05) is 23.5 Å². The van der Waals surface area contributed by atoms with Gasteiger partial charge in [0.05, 0.1) is 0 Å². The minimum Gasteiger partial charge on any atom is -0.508 e. The molecule has 4 rings (SSSR count). The number of benzene rings is 1. The molecular formula is C20H26N2OS. The summed E-state index contributed by atoms with van der Waals surface area (Å²) in [6.45, 7) is 4.52. The molecule has 2 N–H and O–H groups in total. The summed E-state index contributed by atoms with van der Waals surface area (Å²) in [5, 5.41) is 16.0. The maximum Gasteiger partial charge on any atom is 0.115 e. The van der Waals surface area contributed by atoms with Gasteiger partial charge in [-0.3, -0.25) is 0 Å². The van der Waals surface area contributed by atoms with E-state index in [4.69, 9.17) is 0 Å². The number of fused-ring (bicyclic) bond motifs is 4. The molecule has 0 spiro atoms. The summed E-state index contributed by atoms with van der Waals surface area (Å²) in [6, 6.07) is 11.3. The van der Waals surface area contributed by atoms with Gasteiger partial charge < -0.3 is 15.3 Å². The van der Waals surface area contributed by atoms with Crippen LogP contribution in [0.4, 0.5) is 0 Å². The lowest BCUT2D eigenvalue weighted by Crippen LogP contribution is -2.66. The fraction of sp³-hybridized carbons (Fsp3) is 0.500. The third kappa shape index (κ3) is 2.67. The van der Waals surface area contributed by atoms with Crippen molar-refractivity contribution >= 4 is 11.3 Å². The van der Waals surface area contributed by atoms with E-state index in [1.165, 1.54) is 16.0 Å². The van der Waals surface area contributed by atoms with Crippen LogP contribution in [0.15, 0.2) is 35.7 Å². The molecule has 4 heteroatoms. The molecule has 2 aliphatic rings. The molecule has 1 fully saturated rings. The van der Waals surface area contributed by atoms with E-state index in [0.29, 0.717) is 17.8 Å². The van der Waals surface area contributed by atoms with Crippen LogP contribution < -0.4 is 5.32 Å². The van der Waals surface area contributed by atoms with Crippen LogP contribution in [0.3, 0.4) is 0 Å². The maximum absolute atomic E-state index is 10.0. The number of rotatable bonds is 4. The van der Waals surface area contributed by atoms with Crippen molar-refractivity contribution in [1.82, 2.24) is 10.2 Å². The van der Waals surface area contributed by atoms with Crippen LogP contribution in [0.2, 0.25) is 0 Å². The number of nitrogens with one attached hydrogen (secondary N) is 1. The predicted octanol–water partition coefficient (Wildman–Crippen LogP) is 3.17. The Morgan fingerprint density at radius 3 is 3.04 bits per heavy atom. The normalized spacial score (nSPS) is 29.4. The van der Waals surface area contributed by atoms with Crippen LogP contribution >= 0.6 is 11.3 Å². The van der Waals surface area contributed by atoms with Crippen molar-refractivity contribution in [2.45, 2.75) is 43.7 Å². The number of hydrogen-bond donors (Lipinski definition) is 2. The van der Waals surface area contributed by atoms with Gasteiger partial charge >= 0.3 is 0 Å². The molecule has 3 atom stereocenters. The average molecular weight is 343 g/mol. The van der Waals surface area contributed by atoms with Crippen molar-refractivity contribution < 1.29 is 5.11 Å². The molecular weight excluding hydrogens is 316 g/mol. The topological polar surface area (TPSA) is 35.5 Å². The van der Waals surface area contributed by atoms with Gasteiger partial charge in [-0.2, -0.15) is 0 Å². The van der Waals surface area contributed by atoms with Gasteiger partial charge in [0.15, 0.2) is 0 Å². The highest BCUT2D eigenvalue weighted by Crippen LogP contribution is 2.45. The van der Waals surface area contributed by atoms with Crippen molar-refractivity contribution in [2.75, 3.05) is 20.1 Å². The second kappa shape index (κ2) is 6.17. The van der Waals surface area contributed by atoms with Crippen molar-refractivity contribution in [2.24, 2.45) is 0 Å². The predicted molar refractivity (Wildman–Crippen MR) is 100 cm³/mol. The third-order valence-electron chi connectivity index (χ3n) is 6.07. The molecule has 0 saturated carbocycles. The van der Waals surface area contributed by atoms with Gasteiger partial charge in [0.1, 0.15) is 5.75 Å².